The standard InChI is InChI=1S/C13H17F3N2O3S/c1-9-5-10(7-17)8-18(9)22(19,20)12-4-2-3-11(6-12)21-13(14,15)16/h2-4,6,9-10H,5,7-8,17H2,1H3. The highest BCUT2D eigenvalue weighted by molar-refractivity contribution is 7.89. The molecule has 0 saturated carbocycles. The topological polar surface area (TPSA) is 72.6 Å². The Hall–Kier alpha value is -1.32. The molecule has 2 atom stereocenters. The maximum atomic E-state index is 12.6. The molecule has 2 rings (SSSR count). The quantitative estimate of drug-likeness (QED) is 0.911. The summed E-state index contributed by atoms with van der Waals surface area (Å²) in [6.07, 6.45) is -4.23. The number of sulfonamides is 1. The molecule has 1 heterocycles. The molecule has 0 bridgehead atoms. The molecule has 0 radical (unpaired) electrons. The number of nitrogens with zero attached hydrogens (tertiary/aromatic N) is 1. The van der Waals surface area contributed by atoms with Crippen molar-refractivity contribution in [3.63, 3.8) is 0 Å². The van der Waals surface area contributed by atoms with Gasteiger partial charge in [0, 0.05) is 18.7 Å². The van der Waals surface area contributed by atoms with E-state index >= 15 is 0 Å². The summed E-state index contributed by atoms with van der Waals surface area (Å²) >= 11 is 0. The number of nitrogens with two attached hydrogens (primary N) is 1. The van der Waals surface area contributed by atoms with Crippen LogP contribution in [0.5, 0.6) is 5.75 Å². The van der Waals surface area contributed by atoms with Crippen molar-refractivity contribution in [2.24, 2.45) is 11.7 Å². The van der Waals surface area contributed by atoms with Gasteiger partial charge < -0.3 is 10.5 Å². The van der Waals surface area contributed by atoms with E-state index in [9.17, 15) is 21.6 Å². The Bertz CT molecular complexity index is 634. The minimum Gasteiger partial charge on any atom is -0.406 e. The van der Waals surface area contributed by atoms with E-state index in [1.54, 1.807) is 6.92 Å². The van der Waals surface area contributed by atoms with E-state index in [0.717, 1.165) is 12.1 Å². The zero-order valence-electron chi connectivity index (χ0n) is 11.9. The number of halogens is 3. The lowest BCUT2D eigenvalue weighted by molar-refractivity contribution is -0.274. The Morgan fingerprint density at radius 2 is 2.09 bits per heavy atom. The van der Waals surface area contributed by atoms with E-state index in [4.69, 9.17) is 5.73 Å². The third-order valence-corrected chi connectivity index (χ3v) is 5.56. The maximum Gasteiger partial charge on any atom is 0.573 e. The highest BCUT2D eigenvalue weighted by Crippen LogP contribution is 2.31. The predicted molar refractivity (Wildman–Crippen MR) is 73.6 cm³/mol. The van der Waals surface area contributed by atoms with E-state index in [1.165, 1.54) is 16.4 Å². The summed E-state index contributed by atoms with van der Waals surface area (Å²) in [7, 11) is -3.88. The molecule has 2 N–H and O–H groups in total. The third kappa shape index (κ3) is 3.71. The van der Waals surface area contributed by atoms with Gasteiger partial charge in [0.05, 0.1) is 4.90 Å². The van der Waals surface area contributed by atoms with Gasteiger partial charge in [-0.15, -0.1) is 13.2 Å². The first-order chi connectivity index (χ1) is 10.1. The van der Waals surface area contributed by atoms with Crippen LogP contribution in [0.25, 0.3) is 0 Å². The number of rotatable bonds is 4. The second-order valence-electron chi connectivity index (χ2n) is 5.28. The summed E-state index contributed by atoms with van der Waals surface area (Å²) in [5, 5.41) is 0. The lowest BCUT2D eigenvalue weighted by Crippen LogP contribution is -2.34. The van der Waals surface area contributed by atoms with Crippen LogP contribution >= 0.6 is 0 Å². The average molecular weight is 338 g/mol. The Morgan fingerprint density at radius 1 is 1.41 bits per heavy atom. The van der Waals surface area contributed by atoms with Crippen molar-refractivity contribution in [3.8, 4) is 5.75 Å². The zero-order valence-corrected chi connectivity index (χ0v) is 12.7. The summed E-state index contributed by atoms with van der Waals surface area (Å²) in [6, 6.07) is 4.16. The minimum atomic E-state index is -4.87. The smallest absolute Gasteiger partial charge is 0.406 e. The van der Waals surface area contributed by atoms with Crippen molar-refractivity contribution in [2.45, 2.75) is 30.6 Å². The van der Waals surface area contributed by atoms with Crippen LogP contribution in [0.4, 0.5) is 13.2 Å². The zero-order chi connectivity index (χ0) is 16.5. The normalized spacial score (nSPS) is 23.7. The van der Waals surface area contributed by atoms with Gasteiger partial charge >= 0.3 is 6.36 Å². The molecule has 0 amide bonds. The first-order valence-corrected chi connectivity index (χ1v) is 8.15. The van der Waals surface area contributed by atoms with Crippen LogP contribution in [0.3, 0.4) is 0 Å². The molecule has 0 spiro atoms. The van der Waals surface area contributed by atoms with Crippen LogP contribution in [0.1, 0.15) is 13.3 Å². The molecule has 124 valence electrons. The van der Waals surface area contributed by atoms with Gasteiger partial charge in [0.25, 0.3) is 0 Å². The lowest BCUT2D eigenvalue weighted by Gasteiger charge is -2.21. The molecule has 5 nitrogen and oxygen atoms in total. The molecule has 9 heteroatoms. The summed E-state index contributed by atoms with van der Waals surface area (Å²) in [5.41, 5.74) is 5.57. The van der Waals surface area contributed by atoms with Gasteiger partial charge in [-0.05, 0) is 37.9 Å². The van der Waals surface area contributed by atoms with Gasteiger partial charge in [0.1, 0.15) is 5.75 Å². The van der Waals surface area contributed by atoms with E-state index in [1.807, 2.05) is 0 Å². The summed E-state index contributed by atoms with van der Waals surface area (Å²) in [6.45, 7) is 2.39. The van der Waals surface area contributed by atoms with Crippen molar-refractivity contribution in [3.05, 3.63) is 24.3 Å². The Kier molecular flexibility index (Phi) is 4.69. The fourth-order valence-electron chi connectivity index (χ4n) is 2.58. The molecule has 1 aromatic carbocycles. The van der Waals surface area contributed by atoms with Crippen molar-refractivity contribution in [1.82, 2.24) is 4.31 Å². The molecular formula is C13H17F3N2O3S. The van der Waals surface area contributed by atoms with Gasteiger partial charge in [0.15, 0.2) is 0 Å². The number of hydrogen-bond donors (Lipinski definition) is 1. The van der Waals surface area contributed by atoms with Crippen LogP contribution in [-0.2, 0) is 10.0 Å². The number of ether oxygens (including phenoxy) is 1. The van der Waals surface area contributed by atoms with Gasteiger partial charge in [-0.25, -0.2) is 8.42 Å². The highest BCUT2D eigenvalue weighted by atomic mass is 32.2. The molecule has 0 aromatic heterocycles. The molecule has 1 aliphatic rings. The highest BCUT2D eigenvalue weighted by Gasteiger charge is 2.38. The van der Waals surface area contributed by atoms with E-state index < -0.39 is 22.1 Å². The first-order valence-electron chi connectivity index (χ1n) is 6.71. The summed E-state index contributed by atoms with van der Waals surface area (Å²) in [5.74, 6) is -0.504. The van der Waals surface area contributed by atoms with Crippen molar-refractivity contribution < 1.29 is 26.3 Å². The minimum absolute atomic E-state index is 0.0550. The predicted octanol–water partition coefficient (Wildman–Crippen LogP) is 1.94. The average Bonchev–Trinajstić information content (AvgIpc) is 2.79. The van der Waals surface area contributed by atoms with Gasteiger partial charge in [-0.1, -0.05) is 6.07 Å². The number of hydrogen-bond acceptors (Lipinski definition) is 4. The van der Waals surface area contributed by atoms with Gasteiger partial charge in [-0.3, -0.25) is 0 Å². The van der Waals surface area contributed by atoms with Gasteiger partial charge in [-0.2, -0.15) is 4.31 Å². The third-order valence-electron chi connectivity index (χ3n) is 3.58. The number of alkyl halides is 3. The fourth-order valence-corrected chi connectivity index (χ4v) is 4.34. The molecule has 1 aromatic rings. The molecule has 22 heavy (non-hydrogen) atoms. The van der Waals surface area contributed by atoms with Crippen LogP contribution < -0.4 is 10.5 Å². The van der Waals surface area contributed by atoms with E-state index in [0.29, 0.717) is 13.0 Å². The molecule has 1 fully saturated rings. The Morgan fingerprint density at radius 3 is 2.64 bits per heavy atom. The molecular weight excluding hydrogens is 321 g/mol. The van der Waals surface area contributed by atoms with Crippen molar-refractivity contribution in [1.29, 1.82) is 0 Å². The van der Waals surface area contributed by atoms with Crippen LogP contribution in [0.15, 0.2) is 29.2 Å². The van der Waals surface area contributed by atoms with Crippen molar-refractivity contribution in [2.75, 3.05) is 13.1 Å². The molecule has 1 aliphatic heterocycles. The monoisotopic (exact) mass is 338 g/mol. The maximum absolute atomic E-state index is 12.6. The van der Waals surface area contributed by atoms with E-state index in [2.05, 4.69) is 4.74 Å². The fraction of sp³-hybridized carbons (Fsp3) is 0.538. The van der Waals surface area contributed by atoms with Crippen LogP contribution in [0.2, 0.25) is 0 Å². The molecule has 0 aliphatic carbocycles. The van der Waals surface area contributed by atoms with E-state index in [-0.39, 0.29) is 23.4 Å². The van der Waals surface area contributed by atoms with Gasteiger partial charge in [0.2, 0.25) is 10.0 Å². The number of benzene rings is 1. The SMILES string of the molecule is CC1CC(CN)CN1S(=O)(=O)c1cccc(OC(F)(F)F)c1. The second kappa shape index (κ2) is 6.05. The summed E-state index contributed by atoms with van der Waals surface area (Å²) in [4.78, 5) is -0.223. The first kappa shape index (κ1) is 17.0. The largest absolute Gasteiger partial charge is 0.573 e. The van der Waals surface area contributed by atoms with Crippen LogP contribution in [-0.4, -0.2) is 38.2 Å². The summed E-state index contributed by atoms with van der Waals surface area (Å²) < 4.78 is 66.9. The van der Waals surface area contributed by atoms with Crippen molar-refractivity contribution >= 4 is 10.0 Å². The molecule has 2 unspecified atom stereocenters. The second-order valence-corrected chi connectivity index (χ2v) is 7.17. The van der Waals surface area contributed by atoms with Crippen LogP contribution in [0, 0.1) is 5.92 Å². The Labute approximate surface area is 126 Å². The Balaban J connectivity index is 2.28. The molecule has 1 saturated heterocycles. The lowest BCUT2D eigenvalue weighted by atomic mass is 10.1.